The maximum atomic E-state index is 12.7. The van der Waals surface area contributed by atoms with Crippen LogP contribution in [0.15, 0.2) is 64.2 Å². The van der Waals surface area contributed by atoms with Gasteiger partial charge in [-0.25, -0.2) is 4.99 Å². The monoisotopic (exact) mass is 487 g/mol. The maximum Gasteiger partial charge on any atom is 0.258 e. The Bertz CT molecular complexity index is 1050. The molecule has 0 unspecified atom stereocenters. The Balaban J connectivity index is 1.81. The number of benzene rings is 2. The Kier molecular flexibility index (Phi) is 7.65. The summed E-state index contributed by atoms with van der Waals surface area (Å²) in [7, 11) is 0. The van der Waals surface area contributed by atoms with Gasteiger partial charge in [-0.05, 0) is 55.8 Å². The quantitative estimate of drug-likeness (QED) is 0.360. The van der Waals surface area contributed by atoms with Gasteiger partial charge >= 0.3 is 0 Å². The van der Waals surface area contributed by atoms with Crippen molar-refractivity contribution in [3.63, 3.8) is 0 Å². The molecule has 0 atom stereocenters. The number of carbonyl (C=O) groups excluding carboxylic acids is 1. The number of anilines is 1. The average molecular weight is 489 g/mol. The molecule has 8 heteroatoms. The van der Waals surface area contributed by atoms with Crippen molar-refractivity contribution >= 4 is 45.1 Å². The fraction of sp³-hybridized carbons (Fsp3) is 0.227. The van der Waals surface area contributed by atoms with Crippen molar-refractivity contribution < 1.29 is 4.79 Å². The molecule has 0 spiro atoms. The normalized spacial score (nSPS) is 11.4. The van der Waals surface area contributed by atoms with Crippen LogP contribution in [0.3, 0.4) is 0 Å². The van der Waals surface area contributed by atoms with Gasteiger partial charge in [0, 0.05) is 39.1 Å². The van der Waals surface area contributed by atoms with E-state index in [0.29, 0.717) is 23.1 Å². The third-order valence-electron chi connectivity index (χ3n) is 4.33. The van der Waals surface area contributed by atoms with E-state index in [2.05, 4.69) is 43.6 Å². The number of hydrogen-bond donors (Lipinski definition) is 2. The van der Waals surface area contributed by atoms with Crippen molar-refractivity contribution in [3.05, 3.63) is 81.0 Å². The summed E-state index contributed by atoms with van der Waals surface area (Å²) in [6, 6.07) is 14.4. The second-order valence-corrected chi connectivity index (χ2v) is 8.12. The Morgan fingerprint density at radius 3 is 2.70 bits per heavy atom. The zero-order valence-electron chi connectivity index (χ0n) is 16.8. The van der Waals surface area contributed by atoms with Crippen molar-refractivity contribution in [1.82, 2.24) is 15.1 Å². The number of nitrogens with one attached hydrogen (secondary N) is 2. The molecule has 2 N–H and O–H groups in total. The predicted octanol–water partition coefficient (Wildman–Crippen LogP) is 5.42. The SMILES string of the molecule is CCCn1cc(CN=C(NC(=O)c2cccc(Cl)c2)Nc2ccc(Br)cc2)c(C)n1. The summed E-state index contributed by atoms with van der Waals surface area (Å²) in [5, 5.41) is 11.0. The van der Waals surface area contributed by atoms with Crippen LogP contribution in [0.5, 0.6) is 0 Å². The van der Waals surface area contributed by atoms with Crippen molar-refractivity contribution in [3.8, 4) is 0 Å². The van der Waals surface area contributed by atoms with Gasteiger partial charge in [0.15, 0.2) is 0 Å². The van der Waals surface area contributed by atoms with E-state index in [4.69, 9.17) is 11.6 Å². The molecular formula is C22H23BrClN5O. The molecule has 2 aromatic carbocycles. The molecule has 3 rings (SSSR count). The van der Waals surface area contributed by atoms with Gasteiger partial charge in [0.05, 0.1) is 12.2 Å². The lowest BCUT2D eigenvalue weighted by Gasteiger charge is -2.12. The smallest absolute Gasteiger partial charge is 0.258 e. The van der Waals surface area contributed by atoms with Crippen LogP contribution in [0, 0.1) is 6.92 Å². The first-order valence-corrected chi connectivity index (χ1v) is 10.8. The van der Waals surface area contributed by atoms with E-state index in [9.17, 15) is 4.79 Å². The van der Waals surface area contributed by atoms with Gasteiger partial charge in [0.1, 0.15) is 0 Å². The average Bonchev–Trinajstić information content (AvgIpc) is 3.07. The number of carbonyl (C=O) groups is 1. The van der Waals surface area contributed by atoms with E-state index in [1.807, 2.05) is 42.1 Å². The van der Waals surface area contributed by atoms with E-state index in [0.717, 1.165) is 34.4 Å². The molecule has 0 radical (unpaired) electrons. The number of rotatable bonds is 6. The first-order valence-electron chi connectivity index (χ1n) is 9.61. The lowest BCUT2D eigenvalue weighted by atomic mass is 10.2. The lowest BCUT2D eigenvalue weighted by molar-refractivity contribution is 0.0977. The van der Waals surface area contributed by atoms with Crippen LogP contribution in [0.1, 0.15) is 35.0 Å². The Hall–Kier alpha value is -2.64. The lowest BCUT2D eigenvalue weighted by Crippen LogP contribution is -2.36. The molecule has 0 saturated heterocycles. The molecule has 0 saturated carbocycles. The Morgan fingerprint density at radius 2 is 2.00 bits per heavy atom. The molecule has 0 aliphatic rings. The van der Waals surface area contributed by atoms with Crippen LogP contribution >= 0.6 is 27.5 Å². The number of nitrogens with zero attached hydrogens (tertiary/aromatic N) is 3. The predicted molar refractivity (Wildman–Crippen MR) is 125 cm³/mol. The van der Waals surface area contributed by atoms with Crippen LogP contribution < -0.4 is 10.6 Å². The first kappa shape index (κ1) is 22.1. The van der Waals surface area contributed by atoms with E-state index >= 15 is 0 Å². The topological polar surface area (TPSA) is 71.3 Å². The van der Waals surface area contributed by atoms with E-state index < -0.39 is 0 Å². The summed E-state index contributed by atoms with van der Waals surface area (Å²) in [6.07, 6.45) is 3.01. The number of amides is 1. The standard InChI is InChI=1S/C22H23BrClN5O/c1-3-11-29-14-17(15(2)28-29)13-25-22(26-20-9-7-18(23)8-10-20)27-21(30)16-5-4-6-19(24)12-16/h4-10,12,14H,3,11,13H2,1-2H3,(H2,25,26,27,30). The fourth-order valence-electron chi connectivity index (χ4n) is 2.81. The van der Waals surface area contributed by atoms with E-state index in [1.165, 1.54) is 0 Å². The molecule has 30 heavy (non-hydrogen) atoms. The van der Waals surface area contributed by atoms with Gasteiger partial charge in [-0.1, -0.05) is 40.5 Å². The molecular weight excluding hydrogens is 466 g/mol. The Morgan fingerprint density at radius 1 is 1.23 bits per heavy atom. The maximum absolute atomic E-state index is 12.7. The molecule has 1 heterocycles. The third-order valence-corrected chi connectivity index (χ3v) is 5.10. The number of aliphatic imine (C=N–C) groups is 1. The van der Waals surface area contributed by atoms with Crippen LogP contribution in [0.2, 0.25) is 5.02 Å². The summed E-state index contributed by atoms with van der Waals surface area (Å²) < 4.78 is 2.89. The highest BCUT2D eigenvalue weighted by Gasteiger charge is 2.11. The van der Waals surface area contributed by atoms with E-state index in [-0.39, 0.29) is 5.91 Å². The molecule has 1 aromatic heterocycles. The minimum atomic E-state index is -0.292. The minimum absolute atomic E-state index is 0.292. The second-order valence-electron chi connectivity index (χ2n) is 6.76. The fourth-order valence-corrected chi connectivity index (χ4v) is 3.27. The van der Waals surface area contributed by atoms with Crippen LogP contribution in [0.25, 0.3) is 0 Å². The van der Waals surface area contributed by atoms with Crippen molar-refractivity contribution in [2.45, 2.75) is 33.4 Å². The van der Waals surface area contributed by atoms with Gasteiger partial charge in [0.2, 0.25) is 5.96 Å². The third kappa shape index (κ3) is 6.18. The van der Waals surface area contributed by atoms with Gasteiger partial charge in [-0.2, -0.15) is 5.10 Å². The largest absolute Gasteiger partial charge is 0.326 e. The highest BCUT2D eigenvalue weighted by Crippen LogP contribution is 2.15. The molecule has 3 aromatic rings. The zero-order valence-corrected chi connectivity index (χ0v) is 19.2. The Labute approximate surface area is 189 Å². The molecule has 0 aliphatic carbocycles. The number of aromatic nitrogens is 2. The summed E-state index contributed by atoms with van der Waals surface area (Å²) >= 11 is 9.44. The van der Waals surface area contributed by atoms with Gasteiger partial charge in [-0.3, -0.25) is 14.8 Å². The molecule has 6 nitrogen and oxygen atoms in total. The molecule has 0 fully saturated rings. The van der Waals surface area contributed by atoms with Crippen LogP contribution in [-0.4, -0.2) is 21.6 Å². The van der Waals surface area contributed by atoms with Crippen LogP contribution in [-0.2, 0) is 13.1 Å². The van der Waals surface area contributed by atoms with Gasteiger partial charge in [-0.15, -0.1) is 0 Å². The highest BCUT2D eigenvalue weighted by molar-refractivity contribution is 9.10. The van der Waals surface area contributed by atoms with E-state index in [1.54, 1.807) is 24.3 Å². The van der Waals surface area contributed by atoms with Crippen molar-refractivity contribution in [2.75, 3.05) is 5.32 Å². The minimum Gasteiger partial charge on any atom is -0.326 e. The van der Waals surface area contributed by atoms with Crippen molar-refractivity contribution in [2.24, 2.45) is 4.99 Å². The number of hydrogen-bond acceptors (Lipinski definition) is 3. The summed E-state index contributed by atoms with van der Waals surface area (Å²) in [4.78, 5) is 17.3. The van der Waals surface area contributed by atoms with Crippen molar-refractivity contribution in [1.29, 1.82) is 0 Å². The zero-order chi connectivity index (χ0) is 21.5. The highest BCUT2D eigenvalue weighted by atomic mass is 79.9. The number of halogens is 2. The van der Waals surface area contributed by atoms with Gasteiger partial charge < -0.3 is 5.32 Å². The van der Waals surface area contributed by atoms with Gasteiger partial charge in [0.25, 0.3) is 5.91 Å². The number of guanidine groups is 1. The first-order chi connectivity index (χ1) is 14.4. The molecule has 156 valence electrons. The molecule has 0 aliphatic heterocycles. The number of aryl methyl sites for hydroxylation is 2. The summed E-state index contributed by atoms with van der Waals surface area (Å²) in [5.41, 5.74) is 3.20. The molecule has 1 amide bonds. The summed E-state index contributed by atoms with van der Waals surface area (Å²) in [5.74, 6) is 0.0594. The second kappa shape index (κ2) is 10.4. The summed E-state index contributed by atoms with van der Waals surface area (Å²) in [6.45, 7) is 5.33. The van der Waals surface area contributed by atoms with Crippen LogP contribution in [0.4, 0.5) is 5.69 Å². The molecule has 0 bridgehead atoms.